The SMILES string of the molecule is c1cc(CNCc2ccc3c(c2)OCO3)[nH]n1. The van der Waals surface area contributed by atoms with Crippen molar-refractivity contribution in [3.8, 4) is 11.5 Å². The summed E-state index contributed by atoms with van der Waals surface area (Å²) in [6.45, 7) is 1.88. The number of nitrogens with one attached hydrogen (secondary N) is 2. The third-order valence-corrected chi connectivity index (χ3v) is 2.64. The topological polar surface area (TPSA) is 59.2 Å². The zero-order valence-corrected chi connectivity index (χ0v) is 9.27. The van der Waals surface area contributed by atoms with Crippen LogP contribution in [0.5, 0.6) is 11.5 Å². The van der Waals surface area contributed by atoms with Crippen LogP contribution in [0.1, 0.15) is 11.3 Å². The van der Waals surface area contributed by atoms with E-state index in [2.05, 4.69) is 15.5 Å². The first-order chi connectivity index (χ1) is 8.42. The Morgan fingerprint density at radius 3 is 3.00 bits per heavy atom. The van der Waals surface area contributed by atoms with Crippen molar-refractivity contribution in [2.45, 2.75) is 13.1 Å². The van der Waals surface area contributed by atoms with Gasteiger partial charge in [-0.05, 0) is 23.8 Å². The second kappa shape index (κ2) is 4.47. The third-order valence-electron chi connectivity index (χ3n) is 2.64. The Balaban J connectivity index is 1.58. The van der Waals surface area contributed by atoms with Crippen molar-refractivity contribution in [1.29, 1.82) is 0 Å². The molecule has 5 heteroatoms. The Morgan fingerprint density at radius 2 is 2.12 bits per heavy atom. The first-order valence-corrected chi connectivity index (χ1v) is 5.49. The molecule has 0 aliphatic carbocycles. The van der Waals surface area contributed by atoms with Gasteiger partial charge < -0.3 is 14.8 Å². The second-order valence-corrected chi connectivity index (χ2v) is 3.87. The van der Waals surface area contributed by atoms with Crippen molar-refractivity contribution in [2.75, 3.05) is 6.79 Å². The maximum absolute atomic E-state index is 5.33. The lowest BCUT2D eigenvalue weighted by Gasteiger charge is -2.04. The molecular formula is C12H13N3O2. The maximum atomic E-state index is 5.33. The lowest BCUT2D eigenvalue weighted by Crippen LogP contribution is -2.12. The van der Waals surface area contributed by atoms with Gasteiger partial charge in [-0.1, -0.05) is 6.07 Å². The third kappa shape index (κ3) is 2.24. The Bertz CT molecular complexity index is 496. The number of hydrogen-bond donors (Lipinski definition) is 2. The van der Waals surface area contributed by atoms with Crippen LogP contribution >= 0.6 is 0 Å². The van der Waals surface area contributed by atoms with Crippen LogP contribution in [0.15, 0.2) is 30.5 Å². The number of H-pyrrole nitrogens is 1. The molecule has 0 bridgehead atoms. The summed E-state index contributed by atoms with van der Waals surface area (Å²) in [6.07, 6.45) is 1.75. The second-order valence-electron chi connectivity index (χ2n) is 3.87. The summed E-state index contributed by atoms with van der Waals surface area (Å²) in [4.78, 5) is 0. The van der Waals surface area contributed by atoms with Crippen LogP contribution in [0.25, 0.3) is 0 Å². The van der Waals surface area contributed by atoms with Gasteiger partial charge in [0.1, 0.15) is 0 Å². The van der Waals surface area contributed by atoms with Crippen molar-refractivity contribution < 1.29 is 9.47 Å². The van der Waals surface area contributed by atoms with Crippen LogP contribution in [0.2, 0.25) is 0 Å². The van der Waals surface area contributed by atoms with Gasteiger partial charge in [0.05, 0.1) is 0 Å². The van der Waals surface area contributed by atoms with Crippen LogP contribution in [-0.4, -0.2) is 17.0 Å². The minimum atomic E-state index is 0.320. The van der Waals surface area contributed by atoms with E-state index in [4.69, 9.17) is 9.47 Å². The summed E-state index contributed by atoms with van der Waals surface area (Å²) >= 11 is 0. The predicted octanol–water partition coefficient (Wildman–Crippen LogP) is 1.43. The molecule has 0 unspecified atom stereocenters. The lowest BCUT2D eigenvalue weighted by atomic mass is 10.2. The molecule has 2 N–H and O–H groups in total. The van der Waals surface area contributed by atoms with Gasteiger partial charge in [-0.25, -0.2) is 0 Å². The lowest BCUT2D eigenvalue weighted by molar-refractivity contribution is 0.174. The molecule has 0 fully saturated rings. The summed E-state index contributed by atoms with van der Waals surface area (Å²) in [5.41, 5.74) is 2.25. The number of aromatic nitrogens is 2. The van der Waals surface area contributed by atoms with Gasteiger partial charge >= 0.3 is 0 Å². The highest BCUT2D eigenvalue weighted by Gasteiger charge is 2.12. The van der Waals surface area contributed by atoms with Gasteiger partial charge in [0, 0.05) is 25.0 Å². The maximum Gasteiger partial charge on any atom is 0.231 e. The van der Waals surface area contributed by atoms with Gasteiger partial charge in [0.2, 0.25) is 6.79 Å². The molecule has 2 aromatic rings. The predicted molar refractivity (Wildman–Crippen MR) is 61.7 cm³/mol. The first-order valence-electron chi connectivity index (χ1n) is 5.49. The average Bonchev–Trinajstić information content (AvgIpc) is 2.98. The number of fused-ring (bicyclic) bond motifs is 1. The number of nitrogens with zero attached hydrogens (tertiary/aromatic N) is 1. The van der Waals surface area contributed by atoms with Gasteiger partial charge in [-0.15, -0.1) is 0 Å². The highest BCUT2D eigenvalue weighted by molar-refractivity contribution is 5.44. The normalized spacial score (nSPS) is 12.9. The van der Waals surface area contributed by atoms with Crippen LogP contribution in [0.3, 0.4) is 0 Å². The average molecular weight is 231 g/mol. The molecule has 0 spiro atoms. The first kappa shape index (κ1) is 10.2. The quantitative estimate of drug-likeness (QED) is 0.835. The van der Waals surface area contributed by atoms with Crippen LogP contribution < -0.4 is 14.8 Å². The highest BCUT2D eigenvalue weighted by Crippen LogP contribution is 2.32. The van der Waals surface area contributed by atoms with E-state index in [9.17, 15) is 0 Å². The Kier molecular flexibility index (Phi) is 2.67. The fourth-order valence-electron chi connectivity index (χ4n) is 1.78. The Labute approximate surface area is 98.8 Å². The van der Waals surface area contributed by atoms with E-state index < -0.39 is 0 Å². The molecule has 1 aliphatic heterocycles. The Hall–Kier alpha value is -2.01. The van der Waals surface area contributed by atoms with E-state index in [-0.39, 0.29) is 0 Å². The zero-order valence-electron chi connectivity index (χ0n) is 9.27. The monoisotopic (exact) mass is 231 g/mol. The molecule has 0 amide bonds. The fraction of sp³-hybridized carbons (Fsp3) is 0.250. The zero-order chi connectivity index (χ0) is 11.5. The van der Waals surface area contributed by atoms with Gasteiger partial charge in [-0.3, -0.25) is 5.10 Å². The van der Waals surface area contributed by atoms with E-state index in [1.54, 1.807) is 6.20 Å². The van der Waals surface area contributed by atoms with E-state index in [1.165, 1.54) is 5.56 Å². The molecule has 0 saturated carbocycles. The molecule has 88 valence electrons. The summed E-state index contributed by atoms with van der Waals surface area (Å²) in [5, 5.41) is 10.1. The summed E-state index contributed by atoms with van der Waals surface area (Å²) in [6, 6.07) is 7.93. The molecule has 1 aromatic carbocycles. The largest absolute Gasteiger partial charge is 0.454 e. The van der Waals surface area contributed by atoms with Crippen molar-refractivity contribution in [3.05, 3.63) is 41.7 Å². The number of benzene rings is 1. The van der Waals surface area contributed by atoms with E-state index in [0.717, 1.165) is 30.3 Å². The molecule has 1 aromatic heterocycles. The smallest absolute Gasteiger partial charge is 0.231 e. The Morgan fingerprint density at radius 1 is 1.18 bits per heavy atom. The van der Waals surface area contributed by atoms with E-state index >= 15 is 0 Å². The van der Waals surface area contributed by atoms with Crippen molar-refractivity contribution in [2.24, 2.45) is 0 Å². The number of aromatic amines is 1. The van der Waals surface area contributed by atoms with Crippen molar-refractivity contribution in [3.63, 3.8) is 0 Å². The number of ether oxygens (including phenoxy) is 2. The van der Waals surface area contributed by atoms with Crippen molar-refractivity contribution in [1.82, 2.24) is 15.5 Å². The number of hydrogen-bond acceptors (Lipinski definition) is 4. The molecular weight excluding hydrogens is 218 g/mol. The van der Waals surface area contributed by atoms with Gasteiger partial charge in [-0.2, -0.15) is 5.10 Å². The molecule has 0 radical (unpaired) electrons. The summed E-state index contributed by atoms with van der Waals surface area (Å²) in [7, 11) is 0. The molecule has 2 heterocycles. The van der Waals surface area contributed by atoms with Gasteiger partial charge in [0.15, 0.2) is 11.5 Å². The highest BCUT2D eigenvalue weighted by atomic mass is 16.7. The minimum absolute atomic E-state index is 0.320. The molecule has 5 nitrogen and oxygen atoms in total. The molecule has 0 atom stereocenters. The fourth-order valence-corrected chi connectivity index (χ4v) is 1.78. The van der Waals surface area contributed by atoms with Crippen LogP contribution in [0.4, 0.5) is 0 Å². The van der Waals surface area contributed by atoms with Gasteiger partial charge in [0.25, 0.3) is 0 Å². The molecule has 0 saturated heterocycles. The molecule has 3 rings (SSSR count). The molecule has 1 aliphatic rings. The van der Waals surface area contributed by atoms with Crippen LogP contribution in [-0.2, 0) is 13.1 Å². The van der Waals surface area contributed by atoms with Crippen LogP contribution in [0, 0.1) is 0 Å². The minimum Gasteiger partial charge on any atom is -0.454 e. The standard InChI is InChI=1S/C12H13N3O2/c1-2-11-12(17-8-16-11)5-9(1)6-13-7-10-3-4-14-15-10/h1-5,13H,6-8H2,(H,14,15). The van der Waals surface area contributed by atoms with E-state index in [0.29, 0.717) is 6.79 Å². The molecule has 17 heavy (non-hydrogen) atoms. The van der Waals surface area contributed by atoms with Crippen molar-refractivity contribution >= 4 is 0 Å². The van der Waals surface area contributed by atoms with E-state index in [1.807, 2.05) is 24.3 Å². The summed E-state index contributed by atoms with van der Waals surface area (Å²) < 4.78 is 10.6. The summed E-state index contributed by atoms with van der Waals surface area (Å²) in [5.74, 6) is 1.65. The number of rotatable bonds is 4.